The summed E-state index contributed by atoms with van der Waals surface area (Å²) in [7, 11) is 2.10. The Morgan fingerprint density at radius 3 is 2.93 bits per heavy atom. The van der Waals surface area contributed by atoms with Crippen molar-refractivity contribution in [2.75, 3.05) is 33.3 Å². The van der Waals surface area contributed by atoms with Crippen LogP contribution in [0.4, 0.5) is 0 Å². The first-order chi connectivity index (χ1) is 7.24. The lowest BCUT2D eigenvalue weighted by atomic mass is 10.1. The highest BCUT2D eigenvalue weighted by Gasteiger charge is 2.43. The largest absolute Gasteiger partial charge is 0.365 e. The fourth-order valence-corrected chi connectivity index (χ4v) is 2.67. The highest BCUT2D eigenvalue weighted by Crippen LogP contribution is 2.32. The molecule has 2 aliphatic heterocycles. The fourth-order valence-electron chi connectivity index (χ4n) is 2.67. The van der Waals surface area contributed by atoms with Gasteiger partial charge in [-0.1, -0.05) is 0 Å². The van der Waals surface area contributed by atoms with Gasteiger partial charge in [0.05, 0.1) is 12.1 Å². The fraction of sp³-hybridized carbons (Fsp3) is 0.909. The first kappa shape index (κ1) is 9.60. The van der Waals surface area contributed by atoms with Crippen molar-refractivity contribution in [2.45, 2.75) is 25.0 Å². The van der Waals surface area contributed by atoms with E-state index in [0.717, 1.165) is 25.6 Å². The van der Waals surface area contributed by atoms with E-state index in [1.54, 1.807) is 0 Å². The quantitative estimate of drug-likeness (QED) is 0.640. The Labute approximate surface area is 90.2 Å². The minimum absolute atomic E-state index is 0.193. The van der Waals surface area contributed by atoms with Crippen LogP contribution < -0.4 is 0 Å². The Bertz CT molecular complexity index is 278. The van der Waals surface area contributed by atoms with Crippen molar-refractivity contribution in [2.24, 2.45) is 5.92 Å². The molecule has 0 spiro atoms. The average molecular weight is 210 g/mol. The number of nitrogens with zero attached hydrogens (tertiary/aromatic N) is 2. The highest BCUT2D eigenvalue weighted by molar-refractivity contribution is 5.78. The van der Waals surface area contributed by atoms with Gasteiger partial charge in [-0.3, -0.25) is 4.79 Å². The van der Waals surface area contributed by atoms with Crippen LogP contribution in [-0.4, -0.2) is 61.1 Å². The summed E-state index contributed by atoms with van der Waals surface area (Å²) in [5.74, 6) is 0.969. The molecule has 2 atom stereocenters. The van der Waals surface area contributed by atoms with Gasteiger partial charge in [-0.15, -0.1) is 0 Å². The Morgan fingerprint density at radius 2 is 2.20 bits per heavy atom. The number of amides is 1. The summed E-state index contributed by atoms with van der Waals surface area (Å²) in [6, 6.07) is 0.317. The third-order valence-electron chi connectivity index (χ3n) is 3.71. The van der Waals surface area contributed by atoms with Crippen LogP contribution in [-0.2, 0) is 9.53 Å². The van der Waals surface area contributed by atoms with E-state index in [-0.39, 0.29) is 12.0 Å². The molecule has 0 aromatic rings. The van der Waals surface area contributed by atoms with E-state index in [2.05, 4.69) is 16.8 Å². The standard InChI is InChI=1S/C11H18N2O2/c1-12-5-9-10(6-12)15-7-11(14)13(9)4-8-2-3-8/h8-10H,2-7H2,1H3. The number of morpholine rings is 1. The summed E-state index contributed by atoms with van der Waals surface area (Å²) in [6.45, 7) is 3.21. The lowest BCUT2D eigenvalue weighted by Crippen LogP contribution is -2.54. The molecule has 0 N–H and O–H groups in total. The summed E-state index contributed by atoms with van der Waals surface area (Å²) < 4.78 is 5.58. The molecule has 3 aliphatic rings. The molecule has 15 heavy (non-hydrogen) atoms. The Hall–Kier alpha value is -0.610. The maximum absolute atomic E-state index is 11.8. The molecule has 1 aliphatic carbocycles. The SMILES string of the molecule is CN1CC2OCC(=O)N(CC3CC3)C2C1. The molecule has 0 radical (unpaired) electrons. The minimum Gasteiger partial charge on any atom is -0.365 e. The van der Waals surface area contributed by atoms with Gasteiger partial charge in [-0.05, 0) is 25.8 Å². The second-order valence-electron chi connectivity index (χ2n) is 5.13. The second kappa shape index (κ2) is 3.46. The molecule has 3 fully saturated rings. The van der Waals surface area contributed by atoms with Gasteiger partial charge in [0.2, 0.25) is 5.91 Å². The Morgan fingerprint density at radius 1 is 1.40 bits per heavy atom. The van der Waals surface area contributed by atoms with Crippen LogP contribution in [0.2, 0.25) is 0 Å². The third-order valence-corrected chi connectivity index (χ3v) is 3.71. The van der Waals surface area contributed by atoms with E-state index in [9.17, 15) is 4.79 Å². The number of fused-ring (bicyclic) bond motifs is 1. The molecule has 1 saturated carbocycles. The van der Waals surface area contributed by atoms with E-state index in [1.807, 2.05) is 0 Å². The van der Waals surface area contributed by atoms with Crippen molar-refractivity contribution in [3.63, 3.8) is 0 Å². The molecule has 2 unspecified atom stereocenters. The number of carbonyl (C=O) groups is 1. The van der Waals surface area contributed by atoms with Crippen LogP contribution in [0.5, 0.6) is 0 Å². The summed E-state index contributed by atoms with van der Waals surface area (Å²) in [5.41, 5.74) is 0. The van der Waals surface area contributed by atoms with Crippen molar-refractivity contribution in [3.05, 3.63) is 0 Å². The lowest BCUT2D eigenvalue weighted by Gasteiger charge is -2.36. The predicted octanol–water partition coefficient (Wildman–Crippen LogP) is -0.0622. The molecule has 4 nitrogen and oxygen atoms in total. The Kier molecular flexibility index (Phi) is 2.21. The molecule has 3 rings (SSSR count). The van der Waals surface area contributed by atoms with Gasteiger partial charge < -0.3 is 14.5 Å². The van der Waals surface area contributed by atoms with Gasteiger partial charge in [0, 0.05) is 19.6 Å². The van der Waals surface area contributed by atoms with Gasteiger partial charge in [0.1, 0.15) is 6.61 Å². The Balaban J connectivity index is 1.73. The molecule has 0 aromatic heterocycles. The molecule has 0 aromatic carbocycles. The summed E-state index contributed by atoms with van der Waals surface area (Å²) in [4.78, 5) is 16.1. The molecule has 84 valence electrons. The predicted molar refractivity (Wildman–Crippen MR) is 55.5 cm³/mol. The van der Waals surface area contributed by atoms with E-state index in [4.69, 9.17) is 4.74 Å². The zero-order chi connectivity index (χ0) is 10.4. The first-order valence-corrected chi connectivity index (χ1v) is 5.83. The van der Waals surface area contributed by atoms with Crippen LogP contribution in [0.3, 0.4) is 0 Å². The second-order valence-corrected chi connectivity index (χ2v) is 5.13. The molecule has 1 amide bonds. The van der Waals surface area contributed by atoms with Gasteiger partial charge in [0.25, 0.3) is 0 Å². The number of likely N-dealkylation sites (N-methyl/N-ethyl adjacent to an activating group) is 1. The molecule has 4 heteroatoms. The summed E-state index contributed by atoms with van der Waals surface area (Å²) in [5, 5.41) is 0. The number of hydrogen-bond acceptors (Lipinski definition) is 3. The first-order valence-electron chi connectivity index (χ1n) is 5.83. The molecule has 2 heterocycles. The van der Waals surface area contributed by atoms with Crippen LogP contribution in [0, 0.1) is 5.92 Å². The monoisotopic (exact) mass is 210 g/mol. The zero-order valence-electron chi connectivity index (χ0n) is 9.19. The summed E-state index contributed by atoms with van der Waals surface area (Å²) in [6.07, 6.45) is 2.86. The van der Waals surface area contributed by atoms with Crippen LogP contribution in [0.15, 0.2) is 0 Å². The van der Waals surface area contributed by atoms with Crippen LogP contribution in [0.25, 0.3) is 0 Å². The highest BCUT2D eigenvalue weighted by atomic mass is 16.5. The number of ether oxygens (including phenoxy) is 1. The van der Waals surface area contributed by atoms with E-state index < -0.39 is 0 Å². The number of rotatable bonds is 2. The maximum Gasteiger partial charge on any atom is 0.248 e. The van der Waals surface area contributed by atoms with Gasteiger partial charge in [0.15, 0.2) is 0 Å². The van der Waals surface area contributed by atoms with Crippen molar-refractivity contribution in [1.82, 2.24) is 9.80 Å². The topological polar surface area (TPSA) is 32.8 Å². The number of hydrogen-bond donors (Lipinski definition) is 0. The van der Waals surface area contributed by atoms with Crippen molar-refractivity contribution < 1.29 is 9.53 Å². The number of likely N-dealkylation sites (tertiary alicyclic amines) is 1. The molecule has 0 bridgehead atoms. The van der Waals surface area contributed by atoms with Crippen LogP contribution >= 0.6 is 0 Å². The van der Waals surface area contributed by atoms with Gasteiger partial charge in [-0.2, -0.15) is 0 Å². The van der Waals surface area contributed by atoms with Crippen molar-refractivity contribution >= 4 is 5.91 Å². The molecular formula is C11H18N2O2. The summed E-state index contributed by atoms with van der Waals surface area (Å²) >= 11 is 0. The minimum atomic E-state index is 0.193. The number of carbonyl (C=O) groups excluding carboxylic acids is 1. The van der Waals surface area contributed by atoms with Crippen molar-refractivity contribution in [3.8, 4) is 0 Å². The van der Waals surface area contributed by atoms with E-state index in [0.29, 0.717) is 12.6 Å². The van der Waals surface area contributed by atoms with Crippen LogP contribution in [0.1, 0.15) is 12.8 Å². The maximum atomic E-state index is 11.8. The van der Waals surface area contributed by atoms with E-state index in [1.165, 1.54) is 12.8 Å². The smallest absolute Gasteiger partial charge is 0.248 e. The van der Waals surface area contributed by atoms with Crippen molar-refractivity contribution in [1.29, 1.82) is 0 Å². The zero-order valence-corrected chi connectivity index (χ0v) is 9.19. The van der Waals surface area contributed by atoms with Gasteiger partial charge >= 0.3 is 0 Å². The van der Waals surface area contributed by atoms with Gasteiger partial charge in [-0.25, -0.2) is 0 Å². The third kappa shape index (κ3) is 1.76. The molecular weight excluding hydrogens is 192 g/mol. The average Bonchev–Trinajstić information content (AvgIpc) is 2.93. The molecule has 2 saturated heterocycles. The lowest BCUT2D eigenvalue weighted by molar-refractivity contribution is -0.153. The normalized spacial score (nSPS) is 37.1. The van der Waals surface area contributed by atoms with E-state index >= 15 is 0 Å².